The molecule has 1 rings (SSSR count). The third kappa shape index (κ3) is 1.38. The van der Waals surface area contributed by atoms with Crippen LogP contribution in [0.5, 0.6) is 0 Å². The SMILES string of the molecule is BNc1cccc(C=O)c1. The molecule has 0 heterocycles. The molecule has 0 radical (unpaired) electrons. The summed E-state index contributed by atoms with van der Waals surface area (Å²) in [6, 6.07) is 7.32. The largest absolute Gasteiger partial charge is 0.434 e. The second kappa shape index (κ2) is 3.06. The van der Waals surface area contributed by atoms with Crippen LogP contribution >= 0.6 is 0 Å². The molecule has 0 aliphatic carbocycles. The number of carbonyl (C=O) groups excluding carboxylic acids is 1. The lowest BCUT2D eigenvalue weighted by molar-refractivity contribution is 0.112. The Morgan fingerprint density at radius 3 is 2.90 bits per heavy atom. The Bertz CT molecular complexity index is 237. The third-order valence-corrected chi connectivity index (χ3v) is 1.31. The van der Waals surface area contributed by atoms with Gasteiger partial charge in [-0.3, -0.25) is 4.79 Å². The summed E-state index contributed by atoms with van der Waals surface area (Å²) in [6.07, 6.45) is 0.834. The van der Waals surface area contributed by atoms with Crippen LogP contribution in [0.25, 0.3) is 0 Å². The van der Waals surface area contributed by atoms with Crippen molar-refractivity contribution in [2.24, 2.45) is 0 Å². The Morgan fingerprint density at radius 1 is 1.50 bits per heavy atom. The Hall–Kier alpha value is -1.25. The fourth-order valence-corrected chi connectivity index (χ4v) is 0.767. The van der Waals surface area contributed by atoms with E-state index in [1.54, 1.807) is 12.1 Å². The van der Waals surface area contributed by atoms with E-state index < -0.39 is 0 Å². The molecule has 10 heavy (non-hydrogen) atoms. The fraction of sp³-hybridized carbons (Fsp3) is 0. The Morgan fingerprint density at radius 2 is 2.30 bits per heavy atom. The number of nitrogens with one attached hydrogen (secondary N) is 1. The third-order valence-electron chi connectivity index (χ3n) is 1.31. The molecule has 0 unspecified atom stereocenters. The topological polar surface area (TPSA) is 29.1 Å². The van der Waals surface area contributed by atoms with Crippen LogP contribution in [0.1, 0.15) is 10.4 Å². The van der Waals surface area contributed by atoms with Crippen LogP contribution in [-0.2, 0) is 0 Å². The van der Waals surface area contributed by atoms with Crippen LogP contribution in [0.4, 0.5) is 5.69 Å². The van der Waals surface area contributed by atoms with E-state index in [4.69, 9.17) is 0 Å². The van der Waals surface area contributed by atoms with Crippen molar-refractivity contribution in [3.63, 3.8) is 0 Å². The zero-order valence-corrected chi connectivity index (χ0v) is 5.79. The van der Waals surface area contributed by atoms with Crippen LogP contribution in [0, 0.1) is 0 Å². The first kappa shape index (κ1) is 6.87. The predicted molar refractivity (Wildman–Crippen MR) is 44.0 cm³/mol. The summed E-state index contributed by atoms with van der Waals surface area (Å²) < 4.78 is 0. The van der Waals surface area contributed by atoms with Gasteiger partial charge in [0.2, 0.25) is 7.98 Å². The van der Waals surface area contributed by atoms with Gasteiger partial charge < -0.3 is 5.23 Å². The van der Waals surface area contributed by atoms with Gasteiger partial charge in [-0.1, -0.05) is 12.1 Å². The van der Waals surface area contributed by atoms with E-state index in [2.05, 4.69) is 5.23 Å². The van der Waals surface area contributed by atoms with E-state index >= 15 is 0 Å². The highest BCUT2D eigenvalue weighted by Gasteiger charge is 1.89. The first-order valence-corrected chi connectivity index (χ1v) is 3.10. The molecule has 0 aliphatic rings. The van der Waals surface area contributed by atoms with Crippen LogP contribution in [0.2, 0.25) is 0 Å². The summed E-state index contributed by atoms with van der Waals surface area (Å²) in [4.78, 5) is 10.2. The van der Waals surface area contributed by atoms with Crippen molar-refractivity contribution in [1.29, 1.82) is 0 Å². The van der Waals surface area contributed by atoms with E-state index in [0.29, 0.717) is 5.56 Å². The second-order valence-corrected chi connectivity index (χ2v) is 1.99. The molecular weight excluding hydrogens is 125 g/mol. The van der Waals surface area contributed by atoms with Gasteiger partial charge in [-0.05, 0) is 12.1 Å². The number of aldehydes is 1. The monoisotopic (exact) mass is 133 g/mol. The van der Waals surface area contributed by atoms with Gasteiger partial charge in [0.05, 0.1) is 0 Å². The summed E-state index contributed by atoms with van der Waals surface area (Å²) in [6.45, 7) is 0. The Balaban J connectivity index is 2.98. The molecule has 2 nitrogen and oxygen atoms in total. The van der Waals surface area contributed by atoms with Crippen molar-refractivity contribution < 1.29 is 4.79 Å². The van der Waals surface area contributed by atoms with Crippen molar-refractivity contribution in [1.82, 2.24) is 0 Å². The zero-order chi connectivity index (χ0) is 7.40. The Labute approximate surface area is 60.7 Å². The van der Waals surface area contributed by atoms with E-state index in [9.17, 15) is 4.79 Å². The number of hydrogen-bond acceptors (Lipinski definition) is 2. The molecule has 50 valence electrons. The smallest absolute Gasteiger partial charge is 0.213 e. The molecule has 1 aromatic carbocycles. The number of carbonyl (C=O) groups is 1. The molecular formula is C7H8BNO. The summed E-state index contributed by atoms with van der Waals surface area (Å²) in [5.74, 6) is 0. The maximum absolute atomic E-state index is 10.2. The van der Waals surface area contributed by atoms with Gasteiger partial charge >= 0.3 is 0 Å². The van der Waals surface area contributed by atoms with E-state index in [1.807, 2.05) is 20.1 Å². The Kier molecular flexibility index (Phi) is 2.10. The molecule has 0 aliphatic heterocycles. The highest BCUT2D eigenvalue weighted by molar-refractivity contribution is 6.16. The minimum Gasteiger partial charge on any atom is -0.434 e. The molecule has 3 heteroatoms. The van der Waals surface area contributed by atoms with Crippen LogP contribution in [0.3, 0.4) is 0 Å². The summed E-state index contributed by atoms with van der Waals surface area (Å²) in [5.41, 5.74) is 1.66. The maximum atomic E-state index is 10.2. The van der Waals surface area contributed by atoms with Gasteiger partial charge in [0, 0.05) is 11.3 Å². The first-order valence-electron chi connectivity index (χ1n) is 3.10. The molecule has 0 saturated carbocycles. The van der Waals surface area contributed by atoms with Gasteiger partial charge in [0.1, 0.15) is 6.29 Å². The molecule has 0 atom stereocenters. The summed E-state index contributed by atoms with van der Waals surface area (Å²) in [7, 11) is 1.82. The highest BCUT2D eigenvalue weighted by atomic mass is 16.1. The summed E-state index contributed by atoms with van der Waals surface area (Å²) in [5, 5.41) is 2.94. The lowest BCUT2D eigenvalue weighted by atomic mass is 10.2. The van der Waals surface area contributed by atoms with Crippen molar-refractivity contribution in [2.75, 3.05) is 5.23 Å². The van der Waals surface area contributed by atoms with Crippen LogP contribution in [0.15, 0.2) is 24.3 Å². The van der Waals surface area contributed by atoms with Crippen LogP contribution < -0.4 is 5.23 Å². The average Bonchev–Trinajstić information content (AvgIpc) is 2.05. The van der Waals surface area contributed by atoms with Gasteiger partial charge in [0.15, 0.2) is 0 Å². The van der Waals surface area contributed by atoms with E-state index in [0.717, 1.165) is 12.0 Å². The van der Waals surface area contributed by atoms with Crippen LogP contribution in [-0.4, -0.2) is 14.3 Å². The van der Waals surface area contributed by atoms with Crippen molar-refractivity contribution in [2.45, 2.75) is 0 Å². The normalized spacial score (nSPS) is 8.80. The number of anilines is 1. The molecule has 0 spiro atoms. The number of hydrogen-bond donors (Lipinski definition) is 1. The molecule has 0 bridgehead atoms. The molecule has 0 saturated heterocycles. The standard InChI is InChI=1S/C7H8BNO/c8-9-7-3-1-2-6(4-7)5-10/h1-5,9H,8H2. The van der Waals surface area contributed by atoms with Crippen molar-refractivity contribution in [3.8, 4) is 0 Å². The highest BCUT2D eigenvalue weighted by Crippen LogP contribution is 2.06. The second-order valence-electron chi connectivity index (χ2n) is 1.99. The molecule has 1 N–H and O–H groups in total. The first-order chi connectivity index (χ1) is 4.86. The lowest BCUT2D eigenvalue weighted by Crippen LogP contribution is -1.90. The van der Waals surface area contributed by atoms with Gasteiger partial charge in [-0.2, -0.15) is 0 Å². The van der Waals surface area contributed by atoms with Gasteiger partial charge in [-0.25, -0.2) is 0 Å². The minimum absolute atomic E-state index is 0.701. The van der Waals surface area contributed by atoms with Crippen molar-refractivity contribution >= 4 is 20.0 Å². The quantitative estimate of drug-likeness (QED) is 0.469. The van der Waals surface area contributed by atoms with Gasteiger partial charge in [0.25, 0.3) is 0 Å². The number of rotatable bonds is 2. The van der Waals surface area contributed by atoms with E-state index in [-0.39, 0.29) is 0 Å². The predicted octanol–water partition coefficient (Wildman–Crippen LogP) is 0.459. The molecule has 0 amide bonds. The number of benzene rings is 1. The fourth-order valence-electron chi connectivity index (χ4n) is 0.767. The maximum Gasteiger partial charge on any atom is 0.213 e. The summed E-state index contributed by atoms with van der Waals surface area (Å²) >= 11 is 0. The van der Waals surface area contributed by atoms with E-state index in [1.165, 1.54) is 0 Å². The zero-order valence-electron chi connectivity index (χ0n) is 5.79. The van der Waals surface area contributed by atoms with Gasteiger partial charge in [-0.15, -0.1) is 0 Å². The molecule has 0 aromatic heterocycles. The lowest BCUT2D eigenvalue weighted by Gasteiger charge is -1.98. The average molecular weight is 133 g/mol. The minimum atomic E-state index is 0.701. The molecule has 1 aromatic rings. The molecule has 0 fully saturated rings. The van der Waals surface area contributed by atoms with Crippen molar-refractivity contribution in [3.05, 3.63) is 29.8 Å².